The van der Waals surface area contributed by atoms with Gasteiger partial charge < -0.3 is 70.0 Å². The van der Waals surface area contributed by atoms with E-state index in [4.69, 9.17) is 18.9 Å². The SMILES string of the molecule is C[C@@H](C/C=C/[C@@H](C)[C@H]1[C@@H](O)[C@@H](O)[C@@H]2[C@]1(C)CC[C@@H]1[C@@]3(C)CC[C@H](O[C@@H]4OC[C@@H](O)[C@H](O)[C@H]4O)C[C@@H]3[C@@H](O)C[C@]12O)CO[C@H]1OC[C@H](O)[C@@H](O)[C@@H]1O. The van der Waals surface area contributed by atoms with Crippen molar-refractivity contribution in [2.75, 3.05) is 19.8 Å². The van der Waals surface area contributed by atoms with Gasteiger partial charge in [0.15, 0.2) is 12.6 Å². The smallest absolute Gasteiger partial charge is 0.186 e. The van der Waals surface area contributed by atoms with Crippen molar-refractivity contribution in [1.29, 1.82) is 0 Å². The highest BCUT2D eigenvalue weighted by Gasteiger charge is 2.72. The van der Waals surface area contributed by atoms with E-state index >= 15 is 0 Å². The molecule has 0 amide bonds. The lowest BCUT2D eigenvalue weighted by molar-refractivity contribution is -0.300. The standard InChI is InChI=1S/C37H62O14/c1-17(14-48-33-30(45)26(41)22(39)15-49-33)6-5-7-18(2)25-28(43)29(44)32-36(25,4)11-9-24-35(3)10-8-19(12-20(35)21(38)13-37(24,32)47)51-34-31(46)27(42)23(40)16-50-34/h5,7,17-34,38-47H,6,8-16H2,1-4H3/b7-5+/t17-,18+,19-,20+,21-,22-,23+,24+,25-,26+,27-,28+,29+,30-,31+,32+,33-,34-,35-,36+,37-/m0/s1. The molecule has 0 bridgehead atoms. The third-order valence-electron chi connectivity index (χ3n) is 14.1. The molecular weight excluding hydrogens is 668 g/mol. The molecule has 51 heavy (non-hydrogen) atoms. The molecule has 2 aliphatic heterocycles. The van der Waals surface area contributed by atoms with Crippen LogP contribution in [0.3, 0.4) is 0 Å². The summed E-state index contributed by atoms with van der Waals surface area (Å²) in [5.41, 5.74) is -2.49. The molecule has 0 spiro atoms. The Morgan fingerprint density at radius 1 is 0.745 bits per heavy atom. The van der Waals surface area contributed by atoms with E-state index < -0.39 is 89.9 Å². The number of aliphatic hydroxyl groups excluding tert-OH is 9. The summed E-state index contributed by atoms with van der Waals surface area (Å²) in [7, 11) is 0. The molecular formula is C37H62O14. The second kappa shape index (κ2) is 15.0. The van der Waals surface area contributed by atoms with E-state index in [0.717, 1.165) is 0 Å². The summed E-state index contributed by atoms with van der Waals surface area (Å²) in [6.45, 7) is 8.12. The summed E-state index contributed by atoms with van der Waals surface area (Å²) in [5, 5.41) is 108. The number of allylic oxidation sites excluding steroid dienone is 2. The second-order valence-electron chi connectivity index (χ2n) is 17.5. The van der Waals surface area contributed by atoms with Crippen LogP contribution in [-0.4, -0.2) is 150 Å². The molecule has 6 aliphatic rings. The molecule has 0 aromatic rings. The Balaban J connectivity index is 1.10. The topological polar surface area (TPSA) is 239 Å². The molecule has 4 saturated carbocycles. The first-order valence-electron chi connectivity index (χ1n) is 19.0. The van der Waals surface area contributed by atoms with E-state index in [-0.39, 0.29) is 61.9 Å². The highest BCUT2D eigenvalue weighted by Crippen LogP contribution is 2.69. The first-order valence-corrected chi connectivity index (χ1v) is 19.0. The maximum absolute atomic E-state index is 12.7. The van der Waals surface area contributed by atoms with Gasteiger partial charge in [-0.25, -0.2) is 0 Å². The minimum Gasteiger partial charge on any atom is -0.393 e. The first-order chi connectivity index (χ1) is 23.9. The summed E-state index contributed by atoms with van der Waals surface area (Å²) < 4.78 is 22.6. The third kappa shape index (κ3) is 6.99. The summed E-state index contributed by atoms with van der Waals surface area (Å²) in [6.07, 6.45) is -5.69. The Hall–Kier alpha value is -0.820. The lowest BCUT2D eigenvalue weighted by atomic mass is 9.42. The van der Waals surface area contributed by atoms with Crippen LogP contribution >= 0.6 is 0 Å². The average Bonchev–Trinajstić information content (AvgIpc) is 3.28. The molecule has 294 valence electrons. The highest BCUT2D eigenvalue weighted by molar-refractivity contribution is 5.22. The first kappa shape index (κ1) is 39.9. The Kier molecular flexibility index (Phi) is 11.7. The largest absolute Gasteiger partial charge is 0.393 e. The second-order valence-corrected chi connectivity index (χ2v) is 17.5. The number of rotatable bonds is 9. The van der Waals surface area contributed by atoms with Crippen LogP contribution in [0.4, 0.5) is 0 Å². The zero-order valence-corrected chi connectivity index (χ0v) is 30.2. The molecule has 2 saturated heterocycles. The van der Waals surface area contributed by atoms with Gasteiger partial charge in [0.25, 0.3) is 0 Å². The van der Waals surface area contributed by atoms with E-state index in [9.17, 15) is 51.1 Å². The van der Waals surface area contributed by atoms with Crippen LogP contribution in [0.1, 0.15) is 72.6 Å². The van der Waals surface area contributed by atoms with Crippen molar-refractivity contribution in [3.05, 3.63) is 12.2 Å². The van der Waals surface area contributed by atoms with Gasteiger partial charge in [0.1, 0.15) is 36.6 Å². The van der Waals surface area contributed by atoms with Gasteiger partial charge in [-0.05, 0) is 78.9 Å². The van der Waals surface area contributed by atoms with Gasteiger partial charge in [0.05, 0.1) is 49.8 Å². The minimum atomic E-state index is -1.41. The Morgan fingerprint density at radius 3 is 2.02 bits per heavy atom. The van der Waals surface area contributed by atoms with Crippen LogP contribution in [-0.2, 0) is 18.9 Å². The third-order valence-corrected chi connectivity index (χ3v) is 14.1. The number of fused-ring (bicyclic) bond motifs is 5. The fraction of sp³-hybridized carbons (Fsp3) is 0.946. The van der Waals surface area contributed by atoms with Crippen LogP contribution in [0.25, 0.3) is 0 Å². The summed E-state index contributed by atoms with van der Waals surface area (Å²) >= 11 is 0. The number of ether oxygens (including phenoxy) is 4. The maximum Gasteiger partial charge on any atom is 0.186 e. The number of hydrogen-bond acceptors (Lipinski definition) is 14. The van der Waals surface area contributed by atoms with E-state index in [0.29, 0.717) is 38.5 Å². The molecule has 6 rings (SSSR count). The molecule has 0 aromatic heterocycles. The van der Waals surface area contributed by atoms with Crippen molar-refractivity contribution < 1.29 is 70.0 Å². The van der Waals surface area contributed by atoms with Crippen LogP contribution in [0.2, 0.25) is 0 Å². The molecule has 0 radical (unpaired) electrons. The zero-order chi connectivity index (χ0) is 37.2. The fourth-order valence-electron chi connectivity index (χ4n) is 11.5. The normalized spacial score (nSPS) is 54.4. The van der Waals surface area contributed by atoms with Gasteiger partial charge in [-0.1, -0.05) is 39.8 Å². The van der Waals surface area contributed by atoms with Crippen molar-refractivity contribution in [3.8, 4) is 0 Å². The number of aliphatic hydroxyl groups is 10. The van der Waals surface area contributed by atoms with E-state index in [1.807, 2.05) is 26.0 Å². The minimum absolute atomic E-state index is 0.0319. The molecule has 14 nitrogen and oxygen atoms in total. The monoisotopic (exact) mass is 730 g/mol. The predicted octanol–water partition coefficient (Wildman–Crippen LogP) is -0.829. The lowest BCUT2D eigenvalue weighted by Crippen LogP contribution is -2.69. The average molecular weight is 731 g/mol. The number of hydrogen-bond donors (Lipinski definition) is 10. The van der Waals surface area contributed by atoms with Gasteiger partial charge in [-0.2, -0.15) is 0 Å². The summed E-state index contributed by atoms with van der Waals surface area (Å²) in [6, 6.07) is 0. The maximum atomic E-state index is 12.7. The van der Waals surface area contributed by atoms with Gasteiger partial charge in [0.2, 0.25) is 0 Å². The molecule has 4 aliphatic carbocycles. The van der Waals surface area contributed by atoms with Crippen molar-refractivity contribution in [2.24, 2.45) is 46.3 Å². The molecule has 21 atom stereocenters. The van der Waals surface area contributed by atoms with E-state index in [1.165, 1.54) is 0 Å². The van der Waals surface area contributed by atoms with Crippen LogP contribution in [0.15, 0.2) is 12.2 Å². The molecule has 2 heterocycles. The van der Waals surface area contributed by atoms with E-state index in [1.54, 1.807) is 0 Å². The molecule has 14 heteroatoms. The van der Waals surface area contributed by atoms with Gasteiger partial charge in [-0.15, -0.1) is 0 Å². The quantitative estimate of drug-likeness (QED) is 0.103. The summed E-state index contributed by atoms with van der Waals surface area (Å²) in [4.78, 5) is 0. The van der Waals surface area contributed by atoms with Crippen LogP contribution in [0, 0.1) is 46.3 Å². The molecule has 6 fully saturated rings. The van der Waals surface area contributed by atoms with Crippen LogP contribution in [0.5, 0.6) is 0 Å². The van der Waals surface area contributed by atoms with Crippen molar-refractivity contribution >= 4 is 0 Å². The molecule has 0 aromatic carbocycles. The van der Waals surface area contributed by atoms with Gasteiger partial charge in [-0.3, -0.25) is 0 Å². The lowest BCUT2D eigenvalue weighted by Gasteiger charge is -2.66. The summed E-state index contributed by atoms with van der Waals surface area (Å²) in [5.74, 6) is -1.55. The molecule has 10 N–H and O–H groups in total. The Morgan fingerprint density at radius 2 is 1.35 bits per heavy atom. The van der Waals surface area contributed by atoms with Crippen LogP contribution < -0.4 is 0 Å². The van der Waals surface area contributed by atoms with Crippen molar-refractivity contribution in [1.82, 2.24) is 0 Å². The van der Waals surface area contributed by atoms with E-state index in [2.05, 4.69) is 13.8 Å². The van der Waals surface area contributed by atoms with Gasteiger partial charge in [0, 0.05) is 12.3 Å². The van der Waals surface area contributed by atoms with Crippen molar-refractivity contribution in [3.63, 3.8) is 0 Å². The van der Waals surface area contributed by atoms with Crippen molar-refractivity contribution in [2.45, 2.75) is 152 Å². The Labute approximate surface area is 300 Å². The Bertz CT molecular complexity index is 1220. The van der Waals surface area contributed by atoms with Gasteiger partial charge >= 0.3 is 0 Å². The fourth-order valence-corrected chi connectivity index (χ4v) is 11.5. The predicted molar refractivity (Wildman–Crippen MR) is 179 cm³/mol. The molecule has 0 unspecified atom stereocenters. The highest BCUT2D eigenvalue weighted by atomic mass is 16.7. The zero-order valence-electron chi connectivity index (χ0n) is 30.2.